The molecular weight excluding hydrogens is 367 g/mol. The predicted octanol–water partition coefficient (Wildman–Crippen LogP) is 5.76. The van der Waals surface area contributed by atoms with Crippen LogP contribution in [0.1, 0.15) is 0 Å². The fraction of sp³-hybridized carbons (Fsp3) is 0. The first kappa shape index (κ1) is 13.2. The molecule has 0 atom stereocenters. The molecule has 0 spiro atoms. The lowest BCUT2D eigenvalue weighted by atomic mass is 10.3. The third kappa shape index (κ3) is 2.34. The lowest BCUT2D eigenvalue weighted by Crippen LogP contribution is -1.93. The molecule has 3 rings (SSSR count). The number of benzene rings is 2. The number of aromatic amines is 1. The van der Waals surface area contributed by atoms with Gasteiger partial charge in [0.05, 0.1) is 26.8 Å². The number of imidazole rings is 1. The minimum absolute atomic E-state index is 0.507. The minimum Gasteiger partial charge on any atom is -0.330 e. The standard InChI is InChI=1S/C13H7BrCl2N2S/c14-7-1-4-12-11(5-7)17-13(19)18(12)8-2-3-9(15)10(16)6-8/h1-6H,(H,17,19). The molecule has 0 aliphatic heterocycles. The van der Waals surface area contributed by atoms with E-state index in [9.17, 15) is 0 Å². The maximum atomic E-state index is 6.06. The molecule has 0 saturated carbocycles. The summed E-state index contributed by atoms with van der Waals surface area (Å²) in [6.07, 6.45) is 0. The Bertz CT molecular complexity index is 838. The van der Waals surface area contributed by atoms with Crippen LogP contribution < -0.4 is 0 Å². The van der Waals surface area contributed by atoms with Crippen molar-refractivity contribution in [3.8, 4) is 5.69 Å². The van der Waals surface area contributed by atoms with E-state index < -0.39 is 0 Å². The van der Waals surface area contributed by atoms with Crippen LogP contribution >= 0.6 is 51.3 Å². The van der Waals surface area contributed by atoms with Crippen LogP contribution in [0.5, 0.6) is 0 Å². The number of nitrogens with one attached hydrogen (secondary N) is 1. The zero-order valence-corrected chi connectivity index (χ0v) is 13.4. The molecule has 0 amide bonds. The molecule has 0 fully saturated rings. The second-order valence-corrected chi connectivity index (χ2v) is 6.14. The topological polar surface area (TPSA) is 20.7 Å². The largest absolute Gasteiger partial charge is 0.330 e. The molecule has 0 aliphatic rings. The monoisotopic (exact) mass is 372 g/mol. The minimum atomic E-state index is 0.507. The summed E-state index contributed by atoms with van der Waals surface area (Å²) in [7, 11) is 0. The van der Waals surface area contributed by atoms with Crippen LogP contribution in [0.4, 0.5) is 0 Å². The Labute approximate surface area is 133 Å². The molecular formula is C13H7BrCl2N2S. The van der Waals surface area contributed by atoms with E-state index in [1.165, 1.54) is 0 Å². The average molecular weight is 374 g/mol. The van der Waals surface area contributed by atoms with Crippen LogP contribution in [-0.4, -0.2) is 9.55 Å². The van der Waals surface area contributed by atoms with Crippen LogP contribution in [0.2, 0.25) is 10.0 Å². The molecule has 2 nitrogen and oxygen atoms in total. The van der Waals surface area contributed by atoms with Gasteiger partial charge in [-0.25, -0.2) is 0 Å². The number of aromatic nitrogens is 2. The first-order chi connectivity index (χ1) is 9.06. The number of fused-ring (bicyclic) bond motifs is 1. The van der Waals surface area contributed by atoms with Gasteiger partial charge in [0.2, 0.25) is 0 Å². The Hall–Kier alpha value is -0.810. The van der Waals surface area contributed by atoms with E-state index in [2.05, 4.69) is 20.9 Å². The van der Waals surface area contributed by atoms with Crippen LogP contribution in [-0.2, 0) is 0 Å². The second kappa shape index (κ2) is 4.94. The van der Waals surface area contributed by atoms with Gasteiger partial charge in [0.25, 0.3) is 0 Å². The smallest absolute Gasteiger partial charge is 0.182 e. The summed E-state index contributed by atoms with van der Waals surface area (Å²) in [5.74, 6) is 0. The molecule has 1 aromatic heterocycles. The van der Waals surface area contributed by atoms with Crippen molar-refractivity contribution >= 4 is 62.4 Å². The Balaban J connectivity index is 2.32. The number of H-pyrrole nitrogens is 1. The van der Waals surface area contributed by atoms with Gasteiger partial charge in [0.1, 0.15) is 0 Å². The van der Waals surface area contributed by atoms with Crippen molar-refractivity contribution in [2.24, 2.45) is 0 Å². The molecule has 0 saturated heterocycles. The van der Waals surface area contributed by atoms with Gasteiger partial charge in [0, 0.05) is 4.47 Å². The van der Waals surface area contributed by atoms with Crippen molar-refractivity contribution in [1.82, 2.24) is 9.55 Å². The maximum absolute atomic E-state index is 6.06. The van der Waals surface area contributed by atoms with Gasteiger partial charge >= 0.3 is 0 Å². The highest BCUT2D eigenvalue weighted by Crippen LogP contribution is 2.27. The molecule has 6 heteroatoms. The SMILES string of the molecule is S=c1[nH]c2cc(Br)ccc2n1-c1ccc(Cl)c(Cl)c1. The van der Waals surface area contributed by atoms with E-state index in [0.717, 1.165) is 21.2 Å². The quantitative estimate of drug-likeness (QED) is 0.538. The Kier molecular flexibility index (Phi) is 3.43. The Morgan fingerprint density at radius 3 is 2.58 bits per heavy atom. The molecule has 1 N–H and O–H groups in total. The summed E-state index contributed by atoms with van der Waals surface area (Å²) < 4.78 is 3.54. The Morgan fingerprint density at radius 1 is 1.05 bits per heavy atom. The molecule has 2 aromatic carbocycles. The van der Waals surface area contributed by atoms with Crippen LogP contribution in [0, 0.1) is 4.77 Å². The van der Waals surface area contributed by atoms with E-state index in [4.69, 9.17) is 35.4 Å². The number of hydrogen-bond acceptors (Lipinski definition) is 1. The van der Waals surface area contributed by atoms with Crippen LogP contribution in [0.15, 0.2) is 40.9 Å². The number of halogens is 3. The first-order valence-electron chi connectivity index (χ1n) is 5.42. The number of rotatable bonds is 1. The molecule has 19 heavy (non-hydrogen) atoms. The normalized spacial score (nSPS) is 11.1. The van der Waals surface area contributed by atoms with Gasteiger partial charge in [-0.05, 0) is 48.6 Å². The van der Waals surface area contributed by atoms with Crippen molar-refractivity contribution in [3.05, 3.63) is 55.7 Å². The second-order valence-electron chi connectivity index (χ2n) is 4.03. The molecule has 96 valence electrons. The molecule has 3 aromatic rings. The molecule has 0 unspecified atom stereocenters. The van der Waals surface area contributed by atoms with Crippen molar-refractivity contribution in [2.75, 3.05) is 0 Å². The highest BCUT2D eigenvalue weighted by molar-refractivity contribution is 9.10. The van der Waals surface area contributed by atoms with Crippen molar-refractivity contribution < 1.29 is 0 Å². The lowest BCUT2D eigenvalue weighted by Gasteiger charge is -2.06. The highest BCUT2D eigenvalue weighted by atomic mass is 79.9. The molecule has 0 aliphatic carbocycles. The summed E-state index contributed by atoms with van der Waals surface area (Å²) in [5.41, 5.74) is 2.84. The van der Waals surface area contributed by atoms with Gasteiger partial charge < -0.3 is 4.98 Å². The third-order valence-corrected chi connectivity index (χ3v) is 4.32. The van der Waals surface area contributed by atoms with Crippen molar-refractivity contribution in [2.45, 2.75) is 0 Å². The maximum Gasteiger partial charge on any atom is 0.182 e. The molecule has 1 heterocycles. The summed E-state index contributed by atoms with van der Waals surface area (Å²) >= 11 is 20.8. The predicted molar refractivity (Wildman–Crippen MR) is 86.2 cm³/mol. The molecule has 0 bridgehead atoms. The zero-order valence-electron chi connectivity index (χ0n) is 9.45. The zero-order chi connectivity index (χ0) is 13.6. The van der Waals surface area contributed by atoms with Gasteiger partial charge in [-0.3, -0.25) is 4.57 Å². The summed E-state index contributed by atoms with van der Waals surface area (Å²) in [6.45, 7) is 0. The van der Waals surface area contributed by atoms with Gasteiger partial charge in [-0.15, -0.1) is 0 Å². The van der Waals surface area contributed by atoms with E-state index in [-0.39, 0.29) is 0 Å². The fourth-order valence-corrected chi connectivity index (χ4v) is 2.93. The van der Waals surface area contributed by atoms with E-state index in [1.807, 2.05) is 28.8 Å². The number of nitrogens with zero attached hydrogens (tertiary/aromatic N) is 1. The van der Waals surface area contributed by atoms with E-state index in [1.54, 1.807) is 12.1 Å². The van der Waals surface area contributed by atoms with Crippen molar-refractivity contribution in [3.63, 3.8) is 0 Å². The molecule has 0 radical (unpaired) electrons. The first-order valence-corrected chi connectivity index (χ1v) is 7.38. The average Bonchev–Trinajstić information content (AvgIpc) is 2.68. The fourth-order valence-electron chi connectivity index (χ4n) is 1.96. The Morgan fingerprint density at radius 2 is 1.84 bits per heavy atom. The highest BCUT2D eigenvalue weighted by Gasteiger charge is 2.08. The summed E-state index contributed by atoms with van der Waals surface area (Å²) in [6, 6.07) is 11.4. The van der Waals surface area contributed by atoms with Crippen LogP contribution in [0.3, 0.4) is 0 Å². The summed E-state index contributed by atoms with van der Waals surface area (Å²) in [5, 5.41) is 1.03. The van der Waals surface area contributed by atoms with Gasteiger partial charge in [-0.1, -0.05) is 39.1 Å². The van der Waals surface area contributed by atoms with Gasteiger partial charge in [-0.2, -0.15) is 0 Å². The third-order valence-electron chi connectivity index (χ3n) is 2.81. The van der Waals surface area contributed by atoms with E-state index >= 15 is 0 Å². The van der Waals surface area contributed by atoms with Crippen molar-refractivity contribution in [1.29, 1.82) is 0 Å². The number of hydrogen-bond donors (Lipinski definition) is 1. The van der Waals surface area contributed by atoms with Gasteiger partial charge in [0.15, 0.2) is 4.77 Å². The lowest BCUT2D eigenvalue weighted by molar-refractivity contribution is 1.07. The van der Waals surface area contributed by atoms with E-state index in [0.29, 0.717) is 14.8 Å². The summed E-state index contributed by atoms with van der Waals surface area (Å²) in [4.78, 5) is 3.17. The van der Waals surface area contributed by atoms with Crippen LogP contribution in [0.25, 0.3) is 16.7 Å².